The van der Waals surface area contributed by atoms with E-state index in [9.17, 15) is 4.79 Å². The summed E-state index contributed by atoms with van der Waals surface area (Å²) < 4.78 is 5.38. The van der Waals surface area contributed by atoms with Gasteiger partial charge in [-0.3, -0.25) is 4.79 Å². The fourth-order valence-electron chi connectivity index (χ4n) is 1.31. The van der Waals surface area contributed by atoms with Crippen molar-refractivity contribution in [1.82, 2.24) is 4.90 Å². The van der Waals surface area contributed by atoms with Gasteiger partial charge in [0.2, 0.25) is 0 Å². The van der Waals surface area contributed by atoms with Gasteiger partial charge in [-0.15, -0.1) is 0 Å². The van der Waals surface area contributed by atoms with Gasteiger partial charge in [0, 0.05) is 7.05 Å². The van der Waals surface area contributed by atoms with E-state index in [-0.39, 0.29) is 5.91 Å². The van der Waals surface area contributed by atoms with Crippen molar-refractivity contribution in [2.24, 2.45) is 0 Å². The summed E-state index contributed by atoms with van der Waals surface area (Å²) in [6.45, 7) is 1.84. The van der Waals surface area contributed by atoms with E-state index in [0.717, 1.165) is 5.70 Å². The Kier molecular flexibility index (Phi) is 2.00. The van der Waals surface area contributed by atoms with Crippen molar-refractivity contribution in [2.45, 2.75) is 6.92 Å². The lowest BCUT2D eigenvalue weighted by molar-refractivity contribution is 0.0838. The van der Waals surface area contributed by atoms with Gasteiger partial charge in [-0.1, -0.05) is 12.1 Å². The molecular weight excluding hydrogens is 178 g/mol. The molecule has 2 rings (SSSR count). The van der Waals surface area contributed by atoms with Crippen molar-refractivity contribution >= 4 is 5.91 Å². The first-order valence-electron chi connectivity index (χ1n) is 4.40. The summed E-state index contributed by atoms with van der Waals surface area (Å²) >= 11 is 0. The molecule has 3 nitrogen and oxygen atoms in total. The summed E-state index contributed by atoms with van der Waals surface area (Å²) in [5.74, 6) is 0.577. The van der Waals surface area contributed by atoms with E-state index in [1.807, 2.05) is 19.1 Å². The van der Waals surface area contributed by atoms with Crippen LogP contribution in [0.4, 0.5) is 0 Å². The highest BCUT2D eigenvalue weighted by atomic mass is 16.5. The molecular formula is C11H11NO2. The van der Waals surface area contributed by atoms with Crippen LogP contribution in [0.25, 0.3) is 0 Å². The standard InChI is InChI=1S/C11H11NO2/c1-8-7-14-10-6-4-3-5-9(10)11(13)12(8)2/h3-7H,1-2H3. The zero-order valence-corrected chi connectivity index (χ0v) is 8.15. The van der Waals surface area contributed by atoms with Crippen molar-refractivity contribution in [3.63, 3.8) is 0 Å². The summed E-state index contributed by atoms with van der Waals surface area (Å²) in [7, 11) is 1.74. The maximum atomic E-state index is 11.9. The molecule has 0 radical (unpaired) electrons. The minimum Gasteiger partial charge on any atom is -0.462 e. The number of ether oxygens (including phenoxy) is 1. The Hall–Kier alpha value is -1.77. The van der Waals surface area contributed by atoms with Crippen molar-refractivity contribution in [1.29, 1.82) is 0 Å². The van der Waals surface area contributed by atoms with Crippen LogP contribution in [0.3, 0.4) is 0 Å². The second-order valence-corrected chi connectivity index (χ2v) is 3.24. The van der Waals surface area contributed by atoms with Crippen molar-refractivity contribution < 1.29 is 9.53 Å². The van der Waals surface area contributed by atoms with Gasteiger partial charge in [-0.05, 0) is 19.1 Å². The number of hydrogen-bond donors (Lipinski definition) is 0. The Morgan fingerprint density at radius 2 is 2.00 bits per heavy atom. The van der Waals surface area contributed by atoms with E-state index in [1.165, 1.54) is 0 Å². The molecule has 0 aliphatic carbocycles. The molecule has 1 aromatic carbocycles. The molecule has 0 fully saturated rings. The number of benzene rings is 1. The molecule has 0 unspecified atom stereocenters. The highest BCUT2D eigenvalue weighted by molar-refractivity contribution is 5.98. The molecule has 0 saturated heterocycles. The summed E-state index contributed by atoms with van der Waals surface area (Å²) in [5, 5.41) is 0. The molecule has 1 aromatic rings. The zero-order valence-electron chi connectivity index (χ0n) is 8.15. The molecule has 1 aliphatic heterocycles. The van der Waals surface area contributed by atoms with Crippen LogP contribution < -0.4 is 4.74 Å². The van der Waals surface area contributed by atoms with Gasteiger partial charge in [0.1, 0.15) is 12.0 Å². The summed E-state index contributed by atoms with van der Waals surface area (Å²) in [6.07, 6.45) is 1.59. The van der Waals surface area contributed by atoms with E-state index in [2.05, 4.69) is 0 Å². The summed E-state index contributed by atoms with van der Waals surface area (Å²) in [5.41, 5.74) is 1.40. The monoisotopic (exact) mass is 189 g/mol. The minimum absolute atomic E-state index is 0.0353. The van der Waals surface area contributed by atoms with E-state index < -0.39 is 0 Å². The molecule has 3 heteroatoms. The van der Waals surface area contributed by atoms with Crippen LogP contribution in [0.2, 0.25) is 0 Å². The molecule has 1 heterocycles. The second kappa shape index (κ2) is 3.18. The van der Waals surface area contributed by atoms with Crippen LogP contribution in [0.1, 0.15) is 17.3 Å². The van der Waals surface area contributed by atoms with E-state index >= 15 is 0 Å². The summed E-state index contributed by atoms with van der Waals surface area (Å²) in [4.78, 5) is 13.4. The number of nitrogens with zero attached hydrogens (tertiary/aromatic N) is 1. The van der Waals surface area contributed by atoms with Crippen LogP contribution >= 0.6 is 0 Å². The van der Waals surface area contributed by atoms with Crippen LogP contribution in [-0.4, -0.2) is 17.9 Å². The number of fused-ring (bicyclic) bond motifs is 1. The van der Waals surface area contributed by atoms with Gasteiger partial charge in [0.15, 0.2) is 0 Å². The maximum Gasteiger partial charge on any atom is 0.261 e. The first-order valence-corrected chi connectivity index (χ1v) is 4.40. The fraction of sp³-hybridized carbons (Fsp3) is 0.182. The Morgan fingerprint density at radius 3 is 2.79 bits per heavy atom. The minimum atomic E-state index is -0.0353. The van der Waals surface area contributed by atoms with E-state index in [1.54, 1.807) is 30.3 Å². The third-order valence-electron chi connectivity index (χ3n) is 2.31. The highest BCUT2D eigenvalue weighted by Crippen LogP contribution is 2.24. The van der Waals surface area contributed by atoms with Gasteiger partial charge in [0.25, 0.3) is 5.91 Å². The van der Waals surface area contributed by atoms with Gasteiger partial charge in [-0.25, -0.2) is 0 Å². The number of carbonyl (C=O) groups is 1. The lowest BCUT2D eigenvalue weighted by Crippen LogP contribution is -2.23. The number of allylic oxidation sites excluding steroid dienone is 1. The van der Waals surface area contributed by atoms with E-state index in [4.69, 9.17) is 4.74 Å². The van der Waals surface area contributed by atoms with Gasteiger partial charge in [-0.2, -0.15) is 0 Å². The topological polar surface area (TPSA) is 29.5 Å². The van der Waals surface area contributed by atoms with E-state index in [0.29, 0.717) is 11.3 Å². The highest BCUT2D eigenvalue weighted by Gasteiger charge is 2.20. The predicted octanol–water partition coefficient (Wildman–Crippen LogP) is 2.01. The first-order chi connectivity index (χ1) is 6.70. The van der Waals surface area contributed by atoms with Gasteiger partial charge < -0.3 is 9.64 Å². The van der Waals surface area contributed by atoms with Crippen LogP contribution in [0.15, 0.2) is 36.2 Å². The number of carbonyl (C=O) groups excluding carboxylic acids is 1. The normalized spacial score (nSPS) is 15.4. The Labute approximate surface area is 82.6 Å². The Balaban J connectivity index is 2.53. The van der Waals surface area contributed by atoms with Crippen molar-refractivity contribution in [3.05, 3.63) is 41.8 Å². The van der Waals surface area contributed by atoms with Crippen LogP contribution in [0, 0.1) is 0 Å². The fourth-order valence-corrected chi connectivity index (χ4v) is 1.31. The smallest absolute Gasteiger partial charge is 0.261 e. The second-order valence-electron chi connectivity index (χ2n) is 3.24. The molecule has 0 saturated carbocycles. The largest absolute Gasteiger partial charge is 0.462 e. The predicted molar refractivity (Wildman–Crippen MR) is 52.9 cm³/mol. The SMILES string of the molecule is CC1=COc2ccccc2C(=O)N1C. The Bertz CT molecular complexity index is 410. The van der Waals surface area contributed by atoms with Crippen molar-refractivity contribution in [2.75, 3.05) is 7.05 Å². The molecule has 0 spiro atoms. The third kappa shape index (κ3) is 1.27. The first kappa shape index (κ1) is 8.81. The maximum absolute atomic E-state index is 11.9. The Morgan fingerprint density at radius 1 is 1.29 bits per heavy atom. The van der Waals surface area contributed by atoms with Gasteiger partial charge in [0.05, 0.1) is 11.3 Å². The number of rotatable bonds is 0. The molecule has 72 valence electrons. The lowest BCUT2D eigenvalue weighted by atomic mass is 10.2. The van der Waals surface area contributed by atoms with Crippen LogP contribution in [-0.2, 0) is 0 Å². The number of amides is 1. The van der Waals surface area contributed by atoms with Crippen LogP contribution in [0.5, 0.6) is 5.75 Å². The third-order valence-corrected chi connectivity index (χ3v) is 2.31. The molecule has 0 aromatic heterocycles. The average molecular weight is 189 g/mol. The average Bonchev–Trinajstić information content (AvgIpc) is 2.32. The molecule has 0 bridgehead atoms. The zero-order chi connectivity index (χ0) is 10.1. The number of para-hydroxylation sites is 1. The molecule has 0 atom stereocenters. The molecule has 0 N–H and O–H groups in total. The summed E-state index contributed by atoms with van der Waals surface area (Å²) in [6, 6.07) is 7.23. The molecule has 1 aliphatic rings. The number of hydrogen-bond acceptors (Lipinski definition) is 2. The molecule has 1 amide bonds. The quantitative estimate of drug-likeness (QED) is 0.624. The van der Waals surface area contributed by atoms with Gasteiger partial charge >= 0.3 is 0 Å². The van der Waals surface area contributed by atoms with Crippen molar-refractivity contribution in [3.8, 4) is 5.75 Å². The molecule has 14 heavy (non-hydrogen) atoms. The lowest BCUT2D eigenvalue weighted by Gasteiger charge is -2.14.